The van der Waals surface area contributed by atoms with Crippen molar-refractivity contribution in [2.75, 3.05) is 13.7 Å². The van der Waals surface area contributed by atoms with Crippen molar-refractivity contribution in [3.05, 3.63) is 42.0 Å². The van der Waals surface area contributed by atoms with Crippen LogP contribution in [0.3, 0.4) is 0 Å². The first-order valence-corrected chi connectivity index (χ1v) is 7.41. The molecule has 0 radical (unpaired) electrons. The number of aliphatic hydroxyl groups excluding tert-OH is 1. The molecule has 2 unspecified atom stereocenters. The number of β-amino-alcohol motifs (C(OH)–C–C–N with tert-alkyl or cyclic N) is 1. The number of rotatable bonds is 4. The van der Waals surface area contributed by atoms with Crippen LogP contribution in [0.1, 0.15) is 12.0 Å². The van der Waals surface area contributed by atoms with E-state index in [2.05, 4.69) is 16.7 Å². The van der Waals surface area contributed by atoms with Gasteiger partial charge >= 0.3 is 0 Å². The maximum atomic E-state index is 12.0. The summed E-state index contributed by atoms with van der Waals surface area (Å²) in [5, 5.41) is 17.6. The van der Waals surface area contributed by atoms with Gasteiger partial charge in [-0.05, 0) is 41.0 Å². The number of fused-ring (bicyclic) bond motifs is 1. The van der Waals surface area contributed by atoms with E-state index in [0.29, 0.717) is 19.5 Å². The highest BCUT2D eigenvalue weighted by atomic mass is 16.5. The summed E-state index contributed by atoms with van der Waals surface area (Å²) < 4.78 is 5.21. The van der Waals surface area contributed by atoms with Crippen LogP contribution >= 0.6 is 0 Å². The smallest absolute Gasteiger partial charge is 0.237 e. The lowest BCUT2D eigenvalue weighted by molar-refractivity contribution is -0.123. The normalized spacial score (nSPS) is 21.0. The highest BCUT2D eigenvalue weighted by Crippen LogP contribution is 2.21. The second-order valence-electron chi connectivity index (χ2n) is 5.62. The molecule has 1 aliphatic heterocycles. The molecular weight excluding hydrogens is 280 g/mol. The van der Waals surface area contributed by atoms with Crippen LogP contribution in [-0.4, -0.2) is 36.8 Å². The molecule has 116 valence electrons. The van der Waals surface area contributed by atoms with Crippen molar-refractivity contribution in [2.24, 2.45) is 0 Å². The molecule has 22 heavy (non-hydrogen) atoms. The van der Waals surface area contributed by atoms with Crippen molar-refractivity contribution < 1.29 is 14.6 Å². The van der Waals surface area contributed by atoms with E-state index in [9.17, 15) is 9.90 Å². The molecule has 1 saturated heterocycles. The quantitative estimate of drug-likeness (QED) is 0.793. The zero-order valence-corrected chi connectivity index (χ0v) is 12.5. The van der Waals surface area contributed by atoms with Crippen LogP contribution in [0.15, 0.2) is 36.4 Å². The first kappa shape index (κ1) is 14.8. The van der Waals surface area contributed by atoms with E-state index in [4.69, 9.17) is 4.74 Å². The number of carbonyl (C=O) groups is 1. The van der Waals surface area contributed by atoms with Crippen LogP contribution in [0, 0.1) is 0 Å². The van der Waals surface area contributed by atoms with Gasteiger partial charge in [-0.3, -0.25) is 4.79 Å². The Bertz CT molecular complexity index is 687. The summed E-state index contributed by atoms with van der Waals surface area (Å²) in [7, 11) is 1.65. The van der Waals surface area contributed by atoms with Crippen molar-refractivity contribution in [1.82, 2.24) is 10.6 Å². The molecule has 1 fully saturated rings. The van der Waals surface area contributed by atoms with Crippen molar-refractivity contribution in [3.63, 3.8) is 0 Å². The zero-order chi connectivity index (χ0) is 15.5. The Morgan fingerprint density at radius 2 is 2.09 bits per heavy atom. The fraction of sp³-hybridized carbons (Fsp3) is 0.353. The minimum absolute atomic E-state index is 0.0635. The monoisotopic (exact) mass is 300 g/mol. The average Bonchev–Trinajstić information content (AvgIpc) is 2.98. The van der Waals surface area contributed by atoms with Gasteiger partial charge in [-0.1, -0.05) is 18.2 Å². The Kier molecular flexibility index (Phi) is 4.27. The van der Waals surface area contributed by atoms with Gasteiger partial charge in [0.15, 0.2) is 0 Å². The summed E-state index contributed by atoms with van der Waals surface area (Å²) in [5.74, 6) is 0.769. The zero-order valence-electron chi connectivity index (χ0n) is 12.5. The standard InChI is InChI=1S/C17H20N2O3/c1-22-15-5-4-12-6-11(2-3-13(12)7-15)9-19-17(21)16-8-14(20)10-18-16/h2-7,14,16,18,20H,8-10H2,1H3,(H,19,21). The Balaban J connectivity index is 1.65. The number of benzene rings is 2. The summed E-state index contributed by atoms with van der Waals surface area (Å²) in [4.78, 5) is 12.0. The maximum absolute atomic E-state index is 12.0. The topological polar surface area (TPSA) is 70.6 Å². The molecule has 2 aromatic rings. The van der Waals surface area contributed by atoms with Crippen molar-refractivity contribution >= 4 is 16.7 Å². The van der Waals surface area contributed by atoms with Crippen molar-refractivity contribution in [1.29, 1.82) is 0 Å². The summed E-state index contributed by atoms with van der Waals surface area (Å²) >= 11 is 0. The van der Waals surface area contributed by atoms with E-state index in [1.54, 1.807) is 7.11 Å². The van der Waals surface area contributed by atoms with E-state index in [1.165, 1.54) is 0 Å². The van der Waals surface area contributed by atoms with Gasteiger partial charge in [-0.2, -0.15) is 0 Å². The molecule has 1 aliphatic rings. The highest BCUT2D eigenvalue weighted by molar-refractivity contribution is 5.85. The number of nitrogens with one attached hydrogen (secondary N) is 2. The minimum Gasteiger partial charge on any atom is -0.497 e. The summed E-state index contributed by atoms with van der Waals surface area (Å²) in [6, 6.07) is 11.7. The first-order valence-electron chi connectivity index (χ1n) is 7.41. The van der Waals surface area contributed by atoms with Crippen LogP contribution in [0.2, 0.25) is 0 Å². The first-order chi connectivity index (χ1) is 10.7. The number of hydrogen-bond acceptors (Lipinski definition) is 4. The summed E-state index contributed by atoms with van der Waals surface area (Å²) in [6.07, 6.45) is 0.0509. The van der Waals surface area contributed by atoms with Gasteiger partial charge < -0.3 is 20.5 Å². The van der Waals surface area contributed by atoms with E-state index >= 15 is 0 Å². The maximum Gasteiger partial charge on any atom is 0.237 e. The van der Waals surface area contributed by atoms with Gasteiger partial charge in [0.1, 0.15) is 5.75 Å². The predicted molar refractivity (Wildman–Crippen MR) is 84.8 cm³/mol. The SMILES string of the molecule is COc1ccc2cc(CNC(=O)C3CC(O)CN3)ccc2c1. The van der Waals surface area contributed by atoms with E-state index < -0.39 is 6.10 Å². The molecule has 2 aromatic carbocycles. The Morgan fingerprint density at radius 1 is 1.32 bits per heavy atom. The Morgan fingerprint density at radius 3 is 2.82 bits per heavy atom. The summed E-state index contributed by atoms with van der Waals surface area (Å²) in [5.41, 5.74) is 1.05. The highest BCUT2D eigenvalue weighted by Gasteiger charge is 2.27. The average molecular weight is 300 g/mol. The van der Waals surface area contributed by atoms with Crippen LogP contribution in [-0.2, 0) is 11.3 Å². The predicted octanol–water partition coefficient (Wildman–Crippen LogP) is 1.19. The van der Waals surface area contributed by atoms with Gasteiger partial charge in [0.2, 0.25) is 5.91 Å². The van der Waals surface area contributed by atoms with Gasteiger partial charge in [0.05, 0.1) is 19.3 Å². The molecule has 2 atom stereocenters. The third-order valence-electron chi connectivity index (χ3n) is 4.00. The van der Waals surface area contributed by atoms with Crippen LogP contribution < -0.4 is 15.4 Å². The number of carbonyl (C=O) groups excluding carboxylic acids is 1. The molecule has 5 nitrogen and oxygen atoms in total. The Hall–Kier alpha value is -2.11. The van der Waals surface area contributed by atoms with Gasteiger partial charge in [0, 0.05) is 13.1 Å². The lowest BCUT2D eigenvalue weighted by Crippen LogP contribution is -2.39. The molecule has 0 spiro atoms. The Labute approximate surface area is 129 Å². The van der Waals surface area contributed by atoms with Crippen LogP contribution in [0.4, 0.5) is 0 Å². The number of hydrogen-bond donors (Lipinski definition) is 3. The molecule has 1 amide bonds. The lowest BCUT2D eigenvalue weighted by Gasteiger charge is -2.11. The van der Waals surface area contributed by atoms with E-state index in [-0.39, 0.29) is 11.9 Å². The molecular formula is C17H20N2O3. The second-order valence-corrected chi connectivity index (χ2v) is 5.62. The van der Waals surface area contributed by atoms with E-state index in [0.717, 1.165) is 22.1 Å². The van der Waals surface area contributed by atoms with Crippen LogP contribution in [0.25, 0.3) is 10.8 Å². The van der Waals surface area contributed by atoms with Crippen molar-refractivity contribution in [2.45, 2.75) is 25.1 Å². The molecule has 3 rings (SSSR count). The molecule has 0 aromatic heterocycles. The number of methoxy groups -OCH3 is 1. The molecule has 5 heteroatoms. The third kappa shape index (κ3) is 3.21. The number of amides is 1. The lowest BCUT2D eigenvalue weighted by atomic mass is 10.1. The molecule has 1 heterocycles. The molecule has 0 bridgehead atoms. The fourth-order valence-electron chi connectivity index (χ4n) is 2.74. The van der Waals surface area contributed by atoms with Gasteiger partial charge in [0.25, 0.3) is 0 Å². The summed E-state index contributed by atoms with van der Waals surface area (Å²) in [6.45, 7) is 0.963. The second kappa shape index (κ2) is 6.34. The van der Waals surface area contributed by atoms with E-state index in [1.807, 2.05) is 30.3 Å². The van der Waals surface area contributed by atoms with Crippen LogP contribution in [0.5, 0.6) is 5.75 Å². The van der Waals surface area contributed by atoms with Crippen molar-refractivity contribution in [3.8, 4) is 5.75 Å². The molecule has 0 aliphatic carbocycles. The molecule has 0 saturated carbocycles. The third-order valence-corrected chi connectivity index (χ3v) is 4.00. The minimum atomic E-state index is -0.425. The molecule has 3 N–H and O–H groups in total. The number of aliphatic hydroxyl groups is 1. The largest absolute Gasteiger partial charge is 0.497 e. The fourth-order valence-corrected chi connectivity index (χ4v) is 2.74. The van der Waals surface area contributed by atoms with Gasteiger partial charge in [-0.25, -0.2) is 0 Å². The number of ether oxygens (including phenoxy) is 1. The van der Waals surface area contributed by atoms with Gasteiger partial charge in [-0.15, -0.1) is 0 Å².